The molecule has 2 amide bonds. The van der Waals surface area contributed by atoms with Gasteiger partial charge in [0.25, 0.3) is 11.8 Å². The fraction of sp³-hybridized carbons (Fsp3) is 0.182. The van der Waals surface area contributed by atoms with Crippen molar-refractivity contribution in [1.29, 1.82) is 0 Å². The molecule has 0 spiro atoms. The molecule has 100 valence electrons. The molecule has 8 heteroatoms. The molecule has 0 saturated carbocycles. The maximum atomic E-state index is 13.1. The van der Waals surface area contributed by atoms with E-state index in [1.807, 2.05) is 0 Å². The van der Waals surface area contributed by atoms with Crippen LogP contribution in [0.25, 0.3) is 0 Å². The molecule has 1 saturated heterocycles. The Morgan fingerprint density at radius 3 is 2.32 bits per heavy atom. The van der Waals surface area contributed by atoms with Gasteiger partial charge in [-0.3, -0.25) is 9.59 Å². The normalized spacial score (nSPS) is 15.0. The number of hydrogen-bond donors (Lipinski definition) is 0. The van der Waals surface area contributed by atoms with Gasteiger partial charge in [-0.2, -0.15) is 0 Å². The lowest BCUT2D eigenvalue weighted by atomic mass is 10.2. The van der Waals surface area contributed by atoms with Crippen LogP contribution in [-0.2, 0) is 14.4 Å². The van der Waals surface area contributed by atoms with Gasteiger partial charge in [0.2, 0.25) is 0 Å². The molecule has 0 unspecified atom stereocenters. The maximum absolute atomic E-state index is 13.1. The molecular weight excluding hydrogens is 328 g/mol. The van der Waals surface area contributed by atoms with Crippen LogP contribution in [0.1, 0.15) is 23.2 Å². The van der Waals surface area contributed by atoms with Crippen molar-refractivity contribution in [3.63, 3.8) is 0 Å². The van der Waals surface area contributed by atoms with Gasteiger partial charge >= 0.3 is 5.97 Å². The number of hydrogen-bond acceptors (Lipinski definition) is 4. The highest BCUT2D eigenvalue weighted by Crippen LogP contribution is 2.22. The minimum absolute atomic E-state index is 0.0480. The van der Waals surface area contributed by atoms with E-state index in [2.05, 4.69) is 20.8 Å². The van der Waals surface area contributed by atoms with E-state index in [0.717, 1.165) is 6.07 Å². The van der Waals surface area contributed by atoms with E-state index in [1.165, 1.54) is 0 Å². The van der Waals surface area contributed by atoms with Gasteiger partial charge < -0.3 is 4.84 Å². The second kappa shape index (κ2) is 5.04. The van der Waals surface area contributed by atoms with E-state index in [-0.39, 0.29) is 22.9 Å². The number of hydroxylamine groups is 2. The van der Waals surface area contributed by atoms with E-state index < -0.39 is 29.4 Å². The molecule has 0 bridgehead atoms. The third-order valence-electron chi connectivity index (χ3n) is 2.40. The van der Waals surface area contributed by atoms with Crippen molar-refractivity contribution in [2.75, 3.05) is 0 Å². The summed E-state index contributed by atoms with van der Waals surface area (Å²) in [6, 6.07) is 1.61. The number of rotatable bonds is 2. The summed E-state index contributed by atoms with van der Waals surface area (Å²) in [6.07, 6.45) is -0.0961. The van der Waals surface area contributed by atoms with E-state index in [4.69, 9.17) is 0 Å². The molecular formula is C11H6BrF2NO4. The van der Waals surface area contributed by atoms with Crippen molar-refractivity contribution >= 4 is 33.7 Å². The van der Waals surface area contributed by atoms with Crippen molar-refractivity contribution in [3.8, 4) is 0 Å². The first-order valence-corrected chi connectivity index (χ1v) is 5.92. The van der Waals surface area contributed by atoms with E-state index in [9.17, 15) is 23.2 Å². The average molecular weight is 334 g/mol. The van der Waals surface area contributed by atoms with Gasteiger partial charge in [-0.05, 0) is 28.1 Å². The Balaban J connectivity index is 2.21. The first-order chi connectivity index (χ1) is 8.90. The van der Waals surface area contributed by atoms with Crippen LogP contribution in [0.4, 0.5) is 8.78 Å². The highest BCUT2D eigenvalue weighted by atomic mass is 79.9. The van der Waals surface area contributed by atoms with Crippen molar-refractivity contribution in [2.24, 2.45) is 0 Å². The Kier molecular flexibility index (Phi) is 3.61. The molecule has 1 aromatic rings. The zero-order chi connectivity index (χ0) is 14.2. The third-order valence-corrected chi connectivity index (χ3v) is 2.98. The molecule has 1 fully saturated rings. The first-order valence-electron chi connectivity index (χ1n) is 5.13. The number of nitrogens with zero attached hydrogens (tertiary/aromatic N) is 1. The molecule has 0 N–H and O–H groups in total. The molecule has 1 heterocycles. The Bertz CT molecular complexity index is 551. The number of carbonyl (C=O) groups excluding carboxylic acids is 3. The van der Waals surface area contributed by atoms with Crippen LogP contribution < -0.4 is 0 Å². The Labute approximate surface area is 114 Å². The Hall–Kier alpha value is -1.83. The van der Waals surface area contributed by atoms with Crippen LogP contribution in [0.5, 0.6) is 0 Å². The molecule has 0 radical (unpaired) electrons. The Morgan fingerprint density at radius 1 is 1.21 bits per heavy atom. The van der Waals surface area contributed by atoms with Gasteiger partial charge in [0, 0.05) is 12.8 Å². The summed E-state index contributed by atoms with van der Waals surface area (Å²) in [5, 5.41) is 0.331. The van der Waals surface area contributed by atoms with Gasteiger partial charge in [0.05, 0.1) is 10.0 Å². The number of amides is 2. The predicted molar refractivity (Wildman–Crippen MR) is 60.6 cm³/mol. The largest absolute Gasteiger partial charge is 0.364 e. The summed E-state index contributed by atoms with van der Waals surface area (Å²) in [5.74, 6) is -4.83. The van der Waals surface area contributed by atoms with Crippen molar-refractivity contribution in [2.45, 2.75) is 12.8 Å². The summed E-state index contributed by atoms with van der Waals surface area (Å²) in [5.41, 5.74) is -0.321. The molecule has 5 nitrogen and oxygen atoms in total. The topological polar surface area (TPSA) is 63.7 Å². The lowest BCUT2D eigenvalue weighted by Crippen LogP contribution is -2.32. The van der Waals surface area contributed by atoms with Gasteiger partial charge in [0.15, 0.2) is 11.6 Å². The molecule has 0 aliphatic carbocycles. The van der Waals surface area contributed by atoms with Crippen LogP contribution in [0.3, 0.4) is 0 Å². The number of benzene rings is 1. The summed E-state index contributed by atoms with van der Waals surface area (Å²) >= 11 is 2.73. The first kappa shape index (κ1) is 13.6. The van der Waals surface area contributed by atoms with Gasteiger partial charge in [0.1, 0.15) is 0 Å². The van der Waals surface area contributed by atoms with Gasteiger partial charge in [-0.25, -0.2) is 13.6 Å². The molecule has 0 aromatic heterocycles. The SMILES string of the molecule is O=C(ON1C(=O)CCC1=O)c1cc(F)c(F)c(Br)c1. The van der Waals surface area contributed by atoms with Crippen molar-refractivity contribution in [3.05, 3.63) is 33.8 Å². The van der Waals surface area contributed by atoms with Gasteiger partial charge in [-0.15, -0.1) is 5.06 Å². The fourth-order valence-corrected chi connectivity index (χ4v) is 1.90. The molecule has 1 aliphatic heterocycles. The minimum Gasteiger partial charge on any atom is -0.325 e. The zero-order valence-electron chi connectivity index (χ0n) is 9.28. The molecule has 2 rings (SSSR count). The summed E-state index contributed by atoms with van der Waals surface area (Å²) in [6.45, 7) is 0. The smallest absolute Gasteiger partial charge is 0.325 e. The monoisotopic (exact) mass is 333 g/mol. The summed E-state index contributed by atoms with van der Waals surface area (Å²) in [7, 11) is 0. The van der Waals surface area contributed by atoms with Gasteiger partial charge in [-0.1, -0.05) is 0 Å². The van der Waals surface area contributed by atoms with Crippen LogP contribution in [0.2, 0.25) is 0 Å². The number of imide groups is 1. The molecule has 1 aromatic carbocycles. The fourth-order valence-electron chi connectivity index (χ4n) is 1.47. The maximum Gasteiger partial charge on any atom is 0.364 e. The number of carbonyl (C=O) groups is 3. The molecule has 0 atom stereocenters. The number of halogens is 3. The lowest BCUT2D eigenvalue weighted by Gasteiger charge is -2.12. The average Bonchev–Trinajstić information content (AvgIpc) is 2.67. The Morgan fingerprint density at radius 2 is 1.79 bits per heavy atom. The van der Waals surface area contributed by atoms with Crippen LogP contribution >= 0.6 is 15.9 Å². The standard InChI is InChI=1S/C11H6BrF2NO4/c12-6-3-5(4-7(13)10(6)14)11(18)19-15-8(16)1-2-9(15)17/h3-4H,1-2H2. The van der Waals surface area contributed by atoms with Crippen LogP contribution in [0.15, 0.2) is 16.6 Å². The quantitative estimate of drug-likeness (QED) is 0.613. The zero-order valence-corrected chi connectivity index (χ0v) is 10.9. The molecule has 1 aliphatic rings. The lowest BCUT2D eigenvalue weighted by molar-refractivity contribution is -0.172. The third kappa shape index (κ3) is 2.62. The van der Waals surface area contributed by atoms with Crippen molar-refractivity contribution < 1.29 is 28.0 Å². The van der Waals surface area contributed by atoms with E-state index in [1.54, 1.807) is 0 Å². The van der Waals surface area contributed by atoms with Crippen molar-refractivity contribution in [1.82, 2.24) is 5.06 Å². The highest BCUT2D eigenvalue weighted by molar-refractivity contribution is 9.10. The van der Waals surface area contributed by atoms with Crippen LogP contribution in [0, 0.1) is 11.6 Å². The van der Waals surface area contributed by atoms with Crippen LogP contribution in [-0.4, -0.2) is 22.8 Å². The minimum atomic E-state index is -1.25. The molecule has 19 heavy (non-hydrogen) atoms. The van der Waals surface area contributed by atoms with E-state index in [0.29, 0.717) is 11.1 Å². The summed E-state index contributed by atoms with van der Waals surface area (Å²) < 4.78 is 25.9. The second-order valence-corrected chi connectivity index (χ2v) is 4.57. The predicted octanol–water partition coefficient (Wildman–Crippen LogP) is 1.95. The summed E-state index contributed by atoms with van der Waals surface area (Å²) in [4.78, 5) is 38.6. The highest BCUT2D eigenvalue weighted by Gasteiger charge is 2.33. The van der Waals surface area contributed by atoms with E-state index >= 15 is 0 Å². The second-order valence-electron chi connectivity index (χ2n) is 3.71.